The number of fused-ring (bicyclic) bond motifs is 2. The van der Waals surface area contributed by atoms with Crippen LogP contribution < -0.4 is 11.3 Å². The number of halogens is 2. The van der Waals surface area contributed by atoms with Crippen LogP contribution in [0.15, 0.2) is 21.1 Å². The molecule has 0 atom stereocenters. The van der Waals surface area contributed by atoms with Crippen LogP contribution in [0.5, 0.6) is 0 Å². The molecule has 1 aliphatic carbocycles. The monoisotopic (exact) mass is 369 g/mol. The molecule has 0 amide bonds. The predicted octanol–water partition coefficient (Wildman–Crippen LogP) is 3.92. The number of rotatable bonds is 1. The largest absolute Gasteiger partial charge is 0.323 e. The van der Waals surface area contributed by atoms with Crippen molar-refractivity contribution in [1.29, 1.82) is 0 Å². The molecule has 3 N–H and O–H groups in total. The van der Waals surface area contributed by atoms with Crippen molar-refractivity contribution < 1.29 is 0 Å². The third kappa shape index (κ3) is 1.94. The van der Waals surface area contributed by atoms with Crippen molar-refractivity contribution in [3.63, 3.8) is 0 Å². The van der Waals surface area contributed by atoms with Gasteiger partial charge in [0.2, 0.25) is 0 Å². The first-order chi connectivity index (χ1) is 8.70. The Hall–Kier alpha value is -0.650. The molecule has 0 fully saturated rings. The minimum absolute atomic E-state index is 0.979. The molecule has 1 aromatic heterocycles. The number of nitrogens with zero attached hydrogens (tertiary/aromatic N) is 1. The van der Waals surface area contributed by atoms with Gasteiger partial charge >= 0.3 is 0 Å². The predicted molar refractivity (Wildman–Crippen MR) is 81.6 cm³/mol. The number of hydrogen-bond acceptors (Lipinski definition) is 3. The average molecular weight is 371 g/mol. The molecule has 3 rings (SSSR count). The Balaban J connectivity index is 2.40. The van der Waals surface area contributed by atoms with Crippen molar-refractivity contribution >= 4 is 48.5 Å². The summed E-state index contributed by atoms with van der Waals surface area (Å²) in [5.74, 6) is 5.73. The van der Waals surface area contributed by atoms with Crippen molar-refractivity contribution in [3.05, 3.63) is 32.3 Å². The highest BCUT2D eigenvalue weighted by molar-refractivity contribution is 9.11. The van der Waals surface area contributed by atoms with Gasteiger partial charge in [-0.3, -0.25) is 10.8 Å². The van der Waals surface area contributed by atoms with Crippen LogP contribution in [-0.2, 0) is 12.8 Å². The minimum atomic E-state index is 0.979. The normalized spacial score (nSPS) is 14.6. The van der Waals surface area contributed by atoms with E-state index in [4.69, 9.17) is 10.8 Å². The average Bonchev–Trinajstić information content (AvgIpc) is 2.36. The molecule has 0 bridgehead atoms. The fraction of sp³-hybridized carbons (Fsp3) is 0.308. The lowest BCUT2D eigenvalue weighted by Gasteiger charge is -2.20. The minimum Gasteiger partial charge on any atom is -0.323 e. The molecule has 3 nitrogen and oxygen atoms in total. The molecule has 1 heterocycles. The molecular weight excluding hydrogens is 358 g/mol. The summed E-state index contributed by atoms with van der Waals surface area (Å²) in [6, 6.07) is 4.09. The van der Waals surface area contributed by atoms with E-state index in [0.29, 0.717) is 0 Å². The lowest BCUT2D eigenvalue weighted by molar-refractivity contribution is 0.672. The lowest BCUT2D eigenvalue weighted by atomic mass is 9.93. The van der Waals surface area contributed by atoms with Gasteiger partial charge < -0.3 is 5.43 Å². The number of nitrogens with two attached hydrogens (primary N) is 1. The van der Waals surface area contributed by atoms with E-state index >= 15 is 0 Å². The quantitative estimate of drug-likeness (QED) is 0.590. The van der Waals surface area contributed by atoms with Crippen molar-refractivity contribution in [3.8, 4) is 0 Å². The number of hydrogen-bond donors (Lipinski definition) is 2. The summed E-state index contributed by atoms with van der Waals surface area (Å²) in [5, 5.41) is 1.07. The van der Waals surface area contributed by atoms with E-state index in [1.54, 1.807) is 0 Å². The number of hydrazine groups is 1. The van der Waals surface area contributed by atoms with Crippen molar-refractivity contribution in [2.75, 3.05) is 5.43 Å². The maximum absolute atomic E-state index is 5.73. The van der Waals surface area contributed by atoms with Crippen LogP contribution in [0.1, 0.15) is 24.1 Å². The number of benzene rings is 1. The Morgan fingerprint density at radius 2 is 1.94 bits per heavy atom. The topological polar surface area (TPSA) is 50.9 Å². The summed E-state index contributed by atoms with van der Waals surface area (Å²) in [5.41, 5.74) is 7.34. The molecule has 0 unspecified atom stereocenters. The van der Waals surface area contributed by atoms with E-state index in [0.717, 1.165) is 38.4 Å². The van der Waals surface area contributed by atoms with E-state index in [2.05, 4.69) is 43.4 Å². The molecule has 1 aliphatic rings. The molecule has 94 valence electrons. The molecule has 0 radical (unpaired) electrons. The van der Waals surface area contributed by atoms with Crippen molar-refractivity contribution in [1.82, 2.24) is 4.98 Å². The standard InChI is InChI=1S/C13H13Br2N3/c14-7-5-9-12(18-16)8-3-1-2-4-11(8)17-13(9)10(15)6-7/h5-6H,1-4,16H2,(H,17,18). The Labute approximate surface area is 122 Å². The van der Waals surface area contributed by atoms with Gasteiger partial charge in [-0.05, 0) is 59.3 Å². The molecular formula is C13H13Br2N3. The number of nitrogens with one attached hydrogen (secondary N) is 1. The van der Waals surface area contributed by atoms with Crippen LogP contribution in [0.3, 0.4) is 0 Å². The van der Waals surface area contributed by atoms with Gasteiger partial charge in [-0.15, -0.1) is 0 Å². The van der Waals surface area contributed by atoms with Crippen LogP contribution >= 0.6 is 31.9 Å². The molecule has 0 spiro atoms. The highest BCUT2D eigenvalue weighted by Crippen LogP contribution is 2.37. The molecule has 5 heteroatoms. The van der Waals surface area contributed by atoms with Crippen LogP contribution in [-0.4, -0.2) is 4.98 Å². The molecule has 0 saturated carbocycles. The van der Waals surface area contributed by atoms with Gasteiger partial charge in [0.05, 0.1) is 11.2 Å². The van der Waals surface area contributed by atoms with Crippen LogP contribution in [0.2, 0.25) is 0 Å². The van der Waals surface area contributed by atoms with Crippen LogP contribution in [0, 0.1) is 0 Å². The van der Waals surface area contributed by atoms with E-state index in [-0.39, 0.29) is 0 Å². The van der Waals surface area contributed by atoms with E-state index < -0.39 is 0 Å². The zero-order chi connectivity index (χ0) is 12.7. The van der Waals surface area contributed by atoms with Gasteiger partial charge in [-0.1, -0.05) is 15.9 Å². The fourth-order valence-electron chi connectivity index (χ4n) is 2.61. The highest BCUT2D eigenvalue weighted by Gasteiger charge is 2.19. The zero-order valence-electron chi connectivity index (χ0n) is 9.76. The van der Waals surface area contributed by atoms with Crippen molar-refractivity contribution in [2.24, 2.45) is 5.84 Å². The second-order valence-corrected chi connectivity index (χ2v) is 6.32. The summed E-state index contributed by atoms with van der Waals surface area (Å²) in [6.45, 7) is 0. The fourth-order valence-corrected chi connectivity index (χ4v) is 3.93. The third-order valence-corrected chi connectivity index (χ3v) is 4.49. The van der Waals surface area contributed by atoms with Crippen molar-refractivity contribution in [2.45, 2.75) is 25.7 Å². The van der Waals surface area contributed by atoms with E-state index in [1.807, 2.05) is 6.07 Å². The summed E-state index contributed by atoms with van der Waals surface area (Å²) >= 11 is 7.09. The lowest BCUT2D eigenvalue weighted by Crippen LogP contribution is -2.15. The molecule has 0 saturated heterocycles. The summed E-state index contributed by atoms with van der Waals surface area (Å²) in [4.78, 5) is 4.80. The van der Waals surface area contributed by atoms with Gasteiger partial charge in [0.25, 0.3) is 0 Å². The Morgan fingerprint density at radius 3 is 2.72 bits per heavy atom. The van der Waals surface area contributed by atoms with Gasteiger partial charge in [0, 0.05) is 20.0 Å². The first-order valence-electron chi connectivity index (χ1n) is 5.98. The van der Waals surface area contributed by atoms with Gasteiger partial charge in [-0.2, -0.15) is 0 Å². The third-order valence-electron chi connectivity index (χ3n) is 3.43. The molecule has 1 aromatic carbocycles. The first-order valence-corrected chi connectivity index (χ1v) is 7.56. The van der Waals surface area contributed by atoms with E-state index in [1.165, 1.54) is 24.1 Å². The Morgan fingerprint density at radius 1 is 1.17 bits per heavy atom. The molecule has 18 heavy (non-hydrogen) atoms. The van der Waals surface area contributed by atoms with Gasteiger partial charge in [0.15, 0.2) is 0 Å². The smallest absolute Gasteiger partial charge is 0.0869 e. The van der Waals surface area contributed by atoms with Gasteiger partial charge in [-0.25, -0.2) is 0 Å². The maximum Gasteiger partial charge on any atom is 0.0869 e. The number of aryl methyl sites for hydroxylation is 1. The SMILES string of the molecule is NNc1c2c(nc3c(Br)cc(Br)cc13)CCCC2. The number of anilines is 1. The zero-order valence-corrected chi connectivity index (χ0v) is 12.9. The summed E-state index contributed by atoms with van der Waals surface area (Å²) in [7, 11) is 0. The molecule has 0 aliphatic heterocycles. The second kappa shape index (κ2) is 4.79. The van der Waals surface area contributed by atoms with Gasteiger partial charge in [0.1, 0.15) is 0 Å². The second-order valence-electron chi connectivity index (χ2n) is 4.55. The Bertz CT molecular complexity index is 625. The number of pyridine rings is 1. The molecule has 2 aromatic rings. The number of aromatic nitrogens is 1. The van der Waals surface area contributed by atoms with Crippen LogP contribution in [0.4, 0.5) is 5.69 Å². The summed E-state index contributed by atoms with van der Waals surface area (Å²) < 4.78 is 2.02. The van der Waals surface area contributed by atoms with E-state index in [9.17, 15) is 0 Å². The maximum atomic E-state index is 5.73. The first kappa shape index (κ1) is 12.4. The summed E-state index contributed by atoms with van der Waals surface area (Å²) in [6.07, 6.45) is 4.53. The van der Waals surface area contributed by atoms with Crippen LogP contribution in [0.25, 0.3) is 10.9 Å². The number of nitrogen functional groups attached to an aromatic ring is 1. The Kier molecular flexibility index (Phi) is 3.30. The highest BCUT2D eigenvalue weighted by atomic mass is 79.9.